The van der Waals surface area contributed by atoms with E-state index >= 15 is 0 Å². The monoisotopic (exact) mass is 518 g/mol. The Morgan fingerprint density at radius 1 is 0.564 bits per heavy atom. The Bertz CT molecular complexity index is 1310. The summed E-state index contributed by atoms with van der Waals surface area (Å²) in [5.41, 5.74) is 10.1. The lowest BCUT2D eigenvalue weighted by Crippen LogP contribution is -2.28. The number of fused-ring (bicyclic) bond motifs is 3. The predicted octanol–water partition coefficient (Wildman–Crippen LogP) is 5.97. The van der Waals surface area contributed by atoms with Crippen molar-refractivity contribution in [3.8, 4) is 11.1 Å². The fraction of sp³-hybridized carbons (Fsp3) is 0.314. The quantitative estimate of drug-likeness (QED) is 0.151. The van der Waals surface area contributed by atoms with E-state index in [0.29, 0.717) is 25.4 Å². The van der Waals surface area contributed by atoms with Gasteiger partial charge in [-0.25, -0.2) is 0 Å². The van der Waals surface area contributed by atoms with Gasteiger partial charge in [-0.15, -0.1) is 0 Å². The van der Waals surface area contributed by atoms with E-state index in [1.165, 1.54) is 44.5 Å². The van der Waals surface area contributed by atoms with Crippen molar-refractivity contribution in [2.24, 2.45) is 0 Å². The van der Waals surface area contributed by atoms with Crippen LogP contribution in [0.1, 0.15) is 33.4 Å². The van der Waals surface area contributed by atoms with Crippen LogP contribution in [0.2, 0.25) is 0 Å². The zero-order chi connectivity index (χ0) is 26.1. The van der Waals surface area contributed by atoms with Crippen LogP contribution in [-0.4, -0.2) is 51.8 Å². The third-order valence-corrected chi connectivity index (χ3v) is 8.21. The average molecular weight is 519 g/mol. The summed E-state index contributed by atoms with van der Waals surface area (Å²) in [6.07, 6.45) is 2.42. The van der Waals surface area contributed by atoms with E-state index < -0.39 is 0 Å². The first-order valence-electron chi connectivity index (χ1n) is 14.1. The molecule has 39 heavy (non-hydrogen) atoms. The van der Waals surface area contributed by atoms with Crippen molar-refractivity contribution in [3.05, 3.63) is 130 Å². The second-order valence-electron chi connectivity index (χ2n) is 10.8. The largest absolute Gasteiger partial charge is 0.378 e. The zero-order valence-corrected chi connectivity index (χ0v) is 22.2. The highest BCUT2D eigenvalue weighted by atomic mass is 16.6. The molecule has 0 radical (unpaired) electrons. The molecule has 2 fully saturated rings. The van der Waals surface area contributed by atoms with Crippen molar-refractivity contribution in [1.29, 1.82) is 0 Å². The highest BCUT2D eigenvalue weighted by Crippen LogP contribution is 2.55. The van der Waals surface area contributed by atoms with Gasteiger partial charge in [0.05, 0.1) is 45.1 Å². The normalized spacial score (nSPS) is 19.9. The van der Waals surface area contributed by atoms with E-state index in [-0.39, 0.29) is 5.41 Å². The minimum Gasteiger partial charge on any atom is -0.378 e. The molecule has 4 heteroatoms. The maximum absolute atomic E-state index is 5.79. The first-order chi connectivity index (χ1) is 19.3. The van der Waals surface area contributed by atoms with Gasteiger partial charge >= 0.3 is 0 Å². The summed E-state index contributed by atoms with van der Waals surface area (Å²) in [6.45, 7) is 4.51. The fourth-order valence-corrected chi connectivity index (χ4v) is 6.00. The van der Waals surface area contributed by atoms with E-state index in [0.717, 1.165) is 39.3 Å². The number of ether oxygens (including phenoxy) is 4. The maximum atomic E-state index is 5.79. The molecule has 7 rings (SSSR count). The zero-order valence-electron chi connectivity index (χ0n) is 22.2. The second kappa shape index (κ2) is 10.7. The van der Waals surface area contributed by atoms with Gasteiger partial charge in [0, 0.05) is 0 Å². The Kier molecular flexibility index (Phi) is 6.79. The summed E-state index contributed by atoms with van der Waals surface area (Å²) in [5, 5.41) is 0. The number of hydrogen-bond acceptors (Lipinski definition) is 4. The predicted molar refractivity (Wildman–Crippen MR) is 152 cm³/mol. The SMILES string of the molecule is c1ccc2c(c1)-c1ccccc1C2(c1ccc(CCOC[C@@H]2CO2)cc1)c1ccc(CCOC[C@H]2CO2)cc1. The minimum atomic E-state index is -0.371. The molecule has 0 saturated carbocycles. The van der Waals surface area contributed by atoms with Gasteiger partial charge in [0.15, 0.2) is 0 Å². The van der Waals surface area contributed by atoms with Crippen LogP contribution in [0.5, 0.6) is 0 Å². The first-order valence-corrected chi connectivity index (χ1v) is 14.1. The Morgan fingerprint density at radius 2 is 0.974 bits per heavy atom. The molecule has 0 unspecified atom stereocenters. The van der Waals surface area contributed by atoms with Crippen molar-refractivity contribution in [3.63, 3.8) is 0 Å². The molecule has 0 N–H and O–H groups in total. The Hall–Kier alpha value is -3.28. The van der Waals surface area contributed by atoms with E-state index in [4.69, 9.17) is 18.9 Å². The topological polar surface area (TPSA) is 43.5 Å². The average Bonchev–Trinajstić information content (AvgIpc) is 3.93. The van der Waals surface area contributed by atoms with Gasteiger partial charge in [-0.3, -0.25) is 0 Å². The van der Waals surface area contributed by atoms with Crippen molar-refractivity contribution in [2.45, 2.75) is 30.5 Å². The van der Waals surface area contributed by atoms with Crippen LogP contribution in [0.4, 0.5) is 0 Å². The molecule has 4 aromatic rings. The van der Waals surface area contributed by atoms with Crippen molar-refractivity contribution in [1.82, 2.24) is 0 Å². The van der Waals surface area contributed by atoms with Crippen LogP contribution >= 0.6 is 0 Å². The molecule has 2 heterocycles. The Labute approximate surface area is 230 Å². The van der Waals surface area contributed by atoms with E-state index in [1.54, 1.807) is 0 Å². The number of rotatable bonds is 12. The molecular formula is C35H34O4. The lowest BCUT2D eigenvalue weighted by Gasteiger charge is -2.34. The van der Waals surface area contributed by atoms with Crippen molar-refractivity contribution >= 4 is 0 Å². The number of benzene rings is 4. The molecule has 2 atom stereocenters. The van der Waals surface area contributed by atoms with Crippen molar-refractivity contribution < 1.29 is 18.9 Å². The van der Waals surface area contributed by atoms with Gasteiger partial charge < -0.3 is 18.9 Å². The lowest BCUT2D eigenvalue weighted by atomic mass is 9.67. The van der Waals surface area contributed by atoms with E-state index in [9.17, 15) is 0 Å². The molecule has 198 valence electrons. The molecule has 0 bridgehead atoms. The molecule has 0 amide bonds. The minimum absolute atomic E-state index is 0.311. The Balaban J connectivity index is 1.22. The van der Waals surface area contributed by atoms with Gasteiger partial charge in [0.1, 0.15) is 12.2 Å². The van der Waals surface area contributed by atoms with Crippen LogP contribution < -0.4 is 0 Å². The molecule has 4 aromatic carbocycles. The fourth-order valence-electron chi connectivity index (χ4n) is 6.00. The van der Waals surface area contributed by atoms with E-state index in [1.807, 2.05) is 0 Å². The third kappa shape index (κ3) is 4.94. The van der Waals surface area contributed by atoms with Gasteiger partial charge in [-0.1, -0.05) is 97.1 Å². The highest BCUT2D eigenvalue weighted by Gasteiger charge is 2.45. The van der Waals surface area contributed by atoms with Gasteiger partial charge in [-0.05, 0) is 57.3 Å². The molecule has 2 saturated heterocycles. The van der Waals surface area contributed by atoms with Gasteiger partial charge in [0.25, 0.3) is 0 Å². The van der Waals surface area contributed by atoms with Crippen LogP contribution in [0.3, 0.4) is 0 Å². The van der Waals surface area contributed by atoms with Crippen LogP contribution in [0.15, 0.2) is 97.1 Å². The number of epoxide rings is 2. The number of hydrogen-bond donors (Lipinski definition) is 0. The summed E-state index contributed by atoms with van der Waals surface area (Å²) >= 11 is 0. The summed E-state index contributed by atoms with van der Waals surface area (Å²) in [6, 6.07) is 36.1. The van der Waals surface area contributed by atoms with Crippen molar-refractivity contribution in [2.75, 3.05) is 39.6 Å². The molecule has 3 aliphatic rings. The molecule has 4 nitrogen and oxygen atoms in total. The molecular weight excluding hydrogens is 484 g/mol. The standard InChI is InChI=1S/C35H34O4/c1-3-7-33-31(5-1)32-6-2-4-8-34(32)35(33,27-13-9-25(10-14-27)17-19-36-21-29-23-38-29)28-15-11-26(12-16-28)18-20-37-22-30-24-39-30/h1-16,29-30H,17-24H2/t29-,30+. The first kappa shape index (κ1) is 24.7. The van der Waals surface area contributed by atoms with E-state index in [2.05, 4.69) is 97.1 Å². The van der Waals surface area contributed by atoms with Crippen LogP contribution in [0, 0.1) is 0 Å². The summed E-state index contributed by atoms with van der Waals surface area (Å²) in [7, 11) is 0. The smallest absolute Gasteiger partial charge is 0.104 e. The molecule has 0 spiro atoms. The summed E-state index contributed by atoms with van der Waals surface area (Å²) < 4.78 is 22.1. The molecule has 2 aliphatic heterocycles. The lowest BCUT2D eigenvalue weighted by molar-refractivity contribution is 0.119. The molecule has 0 aromatic heterocycles. The van der Waals surface area contributed by atoms with Gasteiger partial charge in [-0.2, -0.15) is 0 Å². The van der Waals surface area contributed by atoms with Crippen LogP contribution in [0.25, 0.3) is 11.1 Å². The highest BCUT2D eigenvalue weighted by molar-refractivity contribution is 5.86. The Morgan fingerprint density at radius 3 is 1.38 bits per heavy atom. The second-order valence-corrected chi connectivity index (χ2v) is 10.8. The van der Waals surface area contributed by atoms with Gasteiger partial charge in [0.2, 0.25) is 0 Å². The maximum Gasteiger partial charge on any atom is 0.104 e. The third-order valence-electron chi connectivity index (χ3n) is 8.21. The summed E-state index contributed by atoms with van der Waals surface area (Å²) in [4.78, 5) is 0. The summed E-state index contributed by atoms with van der Waals surface area (Å²) in [5.74, 6) is 0. The van der Waals surface area contributed by atoms with Crippen LogP contribution in [-0.2, 0) is 37.2 Å². The molecule has 1 aliphatic carbocycles.